The molecule has 0 heterocycles. The molecule has 63 heavy (non-hydrogen) atoms. The quantitative estimate of drug-likeness (QED) is 0.0262. The van der Waals surface area contributed by atoms with E-state index in [1.807, 2.05) is 0 Å². The first-order valence-electron chi connectivity index (χ1n) is 26.1. The number of unbranched alkanes of at least 4 members (excludes halogenated alkanes) is 21. The fourth-order valence-corrected chi connectivity index (χ4v) is 6.93. The van der Waals surface area contributed by atoms with Crippen molar-refractivity contribution < 1.29 is 28.6 Å². The van der Waals surface area contributed by atoms with Crippen molar-refractivity contribution in [1.82, 2.24) is 0 Å². The predicted molar refractivity (Wildman–Crippen MR) is 270 cm³/mol. The van der Waals surface area contributed by atoms with Gasteiger partial charge < -0.3 is 14.2 Å². The molecule has 0 saturated heterocycles. The molecule has 6 nitrogen and oxygen atoms in total. The number of carbonyl (C=O) groups is 3. The average Bonchev–Trinajstić information content (AvgIpc) is 3.28. The zero-order chi connectivity index (χ0) is 45.8. The normalized spacial score (nSPS) is 12.7. The molecule has 0 aliphatic rings. The van der Waals surface area contributed by atoms with E-state index in [-0.39, 0.29) is 31.1 Å². The van der Waals surface area contributed by atoms with Gasteiger partial charge in [0.2, 0.25) is 0 Å². The van der Waals surface area contributed by atoms with Crippen LogP contribution in [0.4, 0.5) is 0 Å². The topological polar surface area (TPSA) is 78.9 Å². The standard InChI is InChI=1S/C57H96O6/c1-4-7-10-13-16-19-22-25-27-28-30-32-35-38-41-44-47-50-56(59)62-53-54(52-61-55(58)49-46-43-40-37-34-31-24-21-18-15-12-9-6-3)63-57(60)51-48-45-42-39-36-33-29-26-23-20-17-14-11-8-5-2/h7,10,16-17,19-21,24-27,29-30,32,54H,4-6,8-9,11-15,18,22-23,28,31,33-53H2,1-3H3/b10-7-,19-16-,20-17-,24-21-,27-25-,29-26-,32-30-. The average molecular weight is 877 g/mol. The Hall–Kier alpha value is -3.41. The molecule has 0 radical (unpaired) electrons. The smallest absolute Gasteiger partial charge is 0.306 e. The molecule has 0 aromatic heterocycles. The molecule has 0 fully saturated rings. The summed E-state index contributed by atoms with van der Waals surface area (Å²) in [6.45, 7) is 6.44. The number of carbonyl (C=O) groups excluding carboxylic acids is 3. The lowest BCUT2D eigenvalue weighted by Gasteiger charge is -2.18. The second-order valence-corrected chi connectivity index (χ2v) is 17.0. The van der Waals surface area contributed by atoms with Crippen molar-refractivity contribution in [3.05, 3.63) is 85.1 Å². The van der Waals surface area contributed by atoms with Gasteiger partial charge in [-0.1, -0.05) is 189 Å². The Balaban J connectivity index is 4.47. The zero-order valence-electron chi connectivity index (χ0n) is 41.1. The number of allylic oxidation sites excluding steroid dienone is 14. The second-order valence-electron chi connectivity index (χ2n) is 17.0. The first-order chi connectivity index (χ1) is 31.0. The van der Waals surface area contributed by atoms with Crippen LogP contribution in [0.2, 0.25) is 0 Å². The van der Waals surface area contributed by atoms with E-state index < -0.39 is 6.10 Å². The van der Waals surface area contributed by atoms with Crippen LogP contribution in [0.5, 0.6) is 0 Å². The SMILES string of the molecule is CC/C=C\C/C=C\C/C=C\C/C=C\CCCCCCC(=O)OCC(COC(=O)CCCCCCC/C=C\CCCCCC)OC(=O)CCCCCCC/C=C\C/C=C\CCCCC. The van der Waals surface area contributed by atoms with E-state index in [9.17, 15) is 14.4 Å². The summed E-state index contributed by atoms with van der Waals surface area (Å²) in [6, 6.07) is 0. The molecular formula is C57H96O6. The van der Waals surface area contributed by atoms with Crippen LogP contribution in [0.1, 0.15) is 239 Å². The third-order valence-corrected chi connectivity index (χ3v) is 10.9. The summed E-state index contributed by atoms with van der Waals surface area (Å²) in [7, 11) is 0. The van der Waals surface area contributed by atoms with Crippen LogP contribution in [-0.4, -0.2) is 37.2 Å². The molecule has 0 aliphatic carbocycles. The molecule has 1 atom stereocenters. The van der Waals surface area contributed by atoms with Crippen molar-refractivity contribution in [2.45, 2.75) is 245 Å². The summed E-state index contributed by atoms with van der Waals surface area (Å²) in [4.78, 5) is 38.0. The van der Waals surface area contributed by atoms with Gasteiger partial charge in [-0.15, -0.1) is 0 Å². The van der Waals surface area contributed by atoms with Crippen molar-refractivity contribution >= 4 is 17.9 Å². The molecule has 6 heteroatoms. The fraction of sp³-hybridized carbons (Fsp3) is 0.702. The highest BCUT2D eigenvalue weighted by Gasteiger charge is 2.19. The van der Waals surface area contributed by atoms with E-state index in [4.69, 9.17) is 14.2 Å². The van der Waals surface area contributed by atoms with Gasteiger partial charge in [-0.05, 0) is 116 Å². The maximum absolute atomic E-state index is 12.8. The van der Waals surface area contributed by atoms with Gasteiger partial charge in [-0.2, -0.15) is 0 Å². The summed E-state index contributed by atoms with van der Waals surface area (Å²) < 4.78 is 16.8. The van der Waals surface area contributed by atoms with Crippen LogP contribution >= 0.6 is 0 Å². The van der Waals surface area contributed by atoms with Crippen molar-refractivity contribution in [2.75, 3.05) is 13.2 Å². The summed E-state index contributed by atoms with van der Waals surface area (Å²) in [5.41, 5.74) is 0. The Morgan fingerprint density at radius 1 is 0.333 bits per heavy atom. The molecule has 0 rings (SSSR count). The Kier molecular flexibility index (Phi) is 48.5. The minimum atomic E-state index is -0.797. The minimum Gasteiger partial charge on any atom is -0.462 e. The predicted octanol–water partition coefficient (Wildman–Crippen LogP) is 17.2. The number of esters is 3. The molecule has 0 aromatic carbocycles. The highest BCUT2D eigenvalue weighted by atomic mass is 16.6. The van der Waals surface area contributed by atoms with Gasteiger partial charge in [0.1, 0.15) is 13.2 Å². The lowest BCUT2D eigenvalue weighted by molar-refractivity contribution is -0.167. The summed E-state index contributed by atoms with van der Waals surface area (Å²) in [6.07, 6.45) is 65.6. The molecule has 0 amide bonds. The Morgan fingerprint density at radius 3 is 1.02 bits per heavy atom. The summed E-state index contributed by atoms with van der Waals surface area (Å²) in [5, 5.41) is 0. The van der Waals surface area contributed by atoms with Crippen LogP contribution in [0.15, 0.2) is 85.1 Å². The van der Waals surface area contributed by atoms with Crippen molar-refractivity contribution in [3.8, 4) is 0 Å². The highest BCUT2D eigenvalue weighted by molar-refractivity contribution is 5.71. The third-order valence-electron chi connectivity index (χ3n) is 10.9. The van der Waals surface area contributed by atoms with Gasteiger partial charge in [0.05, 0.1) is 0 Å². The largest absolute Gasteiger partial charge is 0.462 e. The molecule has 0 N–H and O–H groups in total. The summed E-state index contributed by atoms with van der Waals surface area (Å²) >= 11 is 0. The molecule has 360 valence electrons. The molecule has 0 aromatic rings. The molecule has 1 unspecified atom stereocenters. The molecule has 0 bridgehead atoms. The molecule has 0 spiro atoms. The number of ether oxygens (including phenoxy) is 3. The number of rotatable bonds is 46. The third kappa shape index (κ3) is 49.5. The van der Waals surface area contributed by atoms with E-state index in [0.717, 1.165) is 128 Å². The van der Waals surface area contributed by atoms with Crippen LogP contribution in [0.25, 0.3) is 0 Å². The van der Waals surface area contributed by atoms with Gasteiger partial charge in [0, 0.05) is 19.3 Å². The van der Waals surface area contributed by atoms with Crippen LogP contribution in [0, 0.1) is 0 Å². The molecule has 0 saturated carbocycles. The monoisotopic (exact) mass is 877 g/mol. The van der Waals surface area contributed by atoms with E-state index in [1.54, 1.807) is 0 Å². The maximum Gasteiger partial charge on any atom is 0.306 e. The van der Waals surface area contributed by atoms with Crippen LogP contribution in [0.3, 0.4) is 0 Å². The second kappa shape index (κ2) is 51.2. The molecule has 0 aliphatic heterocycles. The highest BCUT2D eigenvalue weighted by Crippen LogP contribution is 2.13. The van der Waals surface area contributed by atoms with Gasteiger partial charge >= 0.3 is 17.9 Å². The fourth-order valence-electron chi connectivity index (χ4n) is 6.93. The van der Waals surface area contributed by atoms with Crippen LogP contribution < -0.4 is 0 Å². The lowest BCUT2D eigenvalue weighted by Crippen LogP contribution is -2.30. The van der Waals surface area contributed by atoms with Crippen molar-refractivity contribution in [1.29, 1.82) is 0 Å². The van der Waals surface area contributed by atoms with Crippen molar-refractivity contribution in [2.24, 2.45) is 0 Å². The first-order valence-corrected chi connectivity index (χ1v) is 26.1. The van der Waals surface area contributed by atoms with Gasteiger partial charge in [-0.25, -0.2) is 0 Å². The lowest BCUT2D eigenvalue weighted by atomic mass is 10.1. The van der Waals surface area contributed by atoms with Crippen molar-refractivity contribution in [3.63, 3.8) is 0 Å². The summed E-state index contributed by atoms with van der Waals surface area (Å²) in [5.74, 6) is -0.942. The molecular weight excluding hydrogens is 781 g/mol. The van der Waals surface area contributed by atoms with Gasteiger partial charge in [0.25, 0.3) is 0 Å². The maximum atomic E-state index is 12.8. The van der Waals surface area contributed by atoms with E-state index in [0.29, 0.717) is 19.3 Å². The Morgan fingerprint density at radius 2 is 0.619 bits per heavy atom. The first kappa shape index (κ1) is 59.6. The van der Waals surface area contributed by atoms with Gasteiger partial charge in [0.15, 0.2) is 6.10 Å². The zero-order valence-corrected chi connectivity index (χ0v) is 41.1. The van der Waals surface area contributed by atoms with E-state index in [1.165, 1.54) is 70.6 Å². The van der Waals surface area contributed by atoms with Crippen LogP contribution in [-0.2, 0) is 28.6 Å². The van der Waals surface area contributed by atoms with Gasteiger partial charge in [-0.3, -0.25) is 14.4 Å². The van der Waals surface area contributed by atoms with E-state index >= 15 is 0 Å². The number of hydrogen-bond acceptors (Lipinski definition) is 6. The minimum absolute atomic E-state index is 0.0951. The Bertz CT molecular complexity index is 1240. The Labute approximate surface area is 388 Å². The number of hydrogen-bond donors (Lipinski definition) is 0. The van der Waals surface area contributed by atoms with E-state index in [2.05, 4.69) is 106 Å².